The molecule has 2 unspecified atom stereocenters. The van der Waals surface area contributed by atoms with Crippen LogP contribution >= 0.6 is 0 Å². The number of hydrogen-bond acceptors (Lipinski definition) is 0. The second-order valence-corrected chi connectivity index (χ2v) is 2.94. The predicted octanol–water partition coefficient (Wildman–Crippen LogP) is 1.53. The monoisotopic (exact) mass is 124 g/mol. The second-order valence-electron chi connectivity index (χ2n) is 2.94. The molecule has 2 nitrogen and oxygen atoms in total. The zero-order chi connectivity index (χ0) is 6.10. The molecule has 0 aliphatic carbocycles. The van der Waals surface area contributed by atoms with Gasteiger partial charge in [0.25, 0.3) is 0 Å². The molecule has 9 heavy (non-hydrogen) atoms. The highest BCUT2D eigenvalue weighted by Crippen LogP contribution is 2.32. The third-order valence-electron chi connectivity index (χ3n) is 2.35. The van der Waals surface area contributed by atoms with Crippen molar-refractivity contribution in [3.63, 3.8) is 0 Å². The molecule has 2 heterocycles. The highest BCUT2D eigenvalue weighted by molar-refractivity contribution is 5.11. The average Bonchev–Trinajstić information content (AvgIpc) is 2.33. The van der Waals surface area contributed by atoms with Gasteiger partial charge in [-0.3, -0.25) is 0 Å². The van der Waals surface area contributed by atoms with Gasteiger partial charge in [-0.05, 0) is 0 Å². The lowest BCUT2D eigenvalue weighted by Crippen LogP contribution is -2.23. The van der Waals surface area contributed by atoms with Crippen molar-refractivity contribution in [2.75, 3.05) is 19.6 Å². The Labute approximate surface area is 56.0 Å². The maximum absolute atomic E-state index is 4.50. The van der Waals surface area contributed by atoms with Gasteiger partial charge in [0.05, 0.1) is 0 Å². The second kappa shape index (κ2) is 2.27. The molecule has 2 heteroatoms. The van der Waals surface area contributed by atoms with Gasteiger partial charge in [0.1, 0.15) is 0 Å². The average molecular weight is 124 g/mol. The van der Waals surface area contributed by atoms with Crippen molar-refractivity contribution in [3.8, 4) is 0 Å². The minimum atomic E-state index is 0.697. The summed E-state index contributed by atoms with van der Waals surface area (Å²) in [7, 11) is 0. The number of hydrogen-bond donors (Lipinski definition) is 0. The van der Waals surface area contributed by atoms with Gasteiger partial charge in [-0.1, -0.05) is 18.8 Å². The van der Waals surface area contributed by atoms with E-state index in [0.717, 1.165) is 25.6 Å². The zero-order valence-electron chi connectivity index (χ0n) is 5.58. The fourth-order valence-electron chi connectivity index (χ4n) is 1.77. The zero-order valence-corrected chi connectivity index (χ0v) is 5.58. The van der Waals surface area contributed by atoms with Gasteiger partial charge in [0.2, 0.25) is 0 Å². The standard InChI is InChI=1S/C7H12N2/c1-4-9-7-2-3-8-5-6(1)7/h6-7H,1-5H2/q-2. The molecule has 52 valence electrons. The van der Waals surface area contributed by atoms with Crippen LogP contribution in [0.25, 0.3) is 10.6 Å². The van der Waals surface area contributed by atoms with Crippen LogP contribution in [0.1, 0.15) is 12.8 Å². The number of nitrogens with zero attached hydrogens (tertiary/aromatic N) is 2. The highest BCUT2D eigenvalue weighted by Gasteiger charge is 2.15. The van der Waals surface area contributed by atoms with E-state index in [1.807, 2.05) is 0 Å². The first-order valence-corrected chi connectivity index (χ1v) is 3.76. The summed E-state index contributed by atoms with van der Waals surface area (Å²) < 4.78 is 0. The van der Waals surface area contributed by atoms with Crippen LogP contribution in [-0.4, -0.2) is 25.7 Å². The van der Waals surface area contributed by atoms with Crippen LogP contribution in [0.3, 0.4) is 0 Å². The molecule has 0 spiro atoms. The van der Waals surface area contributed by atoms with Gasteiger partial charge < -0.3 is 10.6 Å². The minimum absolute atomic E-state index is 0.697. The molecule has 0 bridgehead atoms. The lowest BCUT2D eigenvalue weighted by molar-refractivity contribution is 0.470. The summed E-state index contributed by atoms with van der Waals surface area (Å²) in [5.74, 6) is 0.832. The molecule has 0 aromatic heterocycles. The van der Waals surface area contributed by atoms with Crippen LogP contribution in [0.5, 0.6) is 0 Å². The van der Waals surface area contributed by atoms with Crippen LogP contribution < -0.4 is 0 Å². The van der Waals surface area contributed by atoms with Gasteiger partial charge in [0, 0.05) is 0 Å². The van der Waals surface area contributed by atoms with Gasteiger partial charge in [-0.2, -0.15) is 6.54 Å². The lowest BCUT2D eigenvalue weighted by atomic mass is 9.95. The molecule has 2 aliphatic heterocycles. The van der Waals surface area contributed by atoms with Crippen molar-refractivity contribution in [1.82, 2.24) is 0 Å². The summed E-state index contributed by atoms with van der Waals surface area (Å²) >= 11 is 0. The highest BCUT2D eigenvalue weighted by atomic mass is 15.0. The lowest BCUT2D eigenvalue weighted by Gasteiger charge is -2.41. The predicted molar refractivity (Wildman–Crippen MR) is 37.8 cm³/mol. The molecule has 0 radical (unpaired) electrons. The quantitative estimate of drug-likeness (QED) is 0.468. The van der Waals surface area contributed by atoms with Crippen molar-refractivity contribution >= 4 is 0 Å². The smallest absolute Gasteiger partial charge is 0.0724 e. The third-order valence-corrected chi connectivity index (χ3v) is 2.35. The normalized spacial score (nSPS) is 42.7. The summed E-state index contributed by atoms with van der Waals surface area (Å²) in [5.41, 5.74) is 0. The maximum atomic E-state index is 4.50. The van der Waals surface area contributed by atoms with Crippen LogP contribution in [0.2, 0.25) is 0 Å². The first-order valence-electron chi connectivity index (χ1n) is 3.76. The SMILES string of the molecule is C1CC2[N-]CCC2C[N-]1. The van der Waals surface area contributed by atoms with E-state index in [4.69, 9.17) is 0 Å². The van der Waals surface area contributed by atoms with Crippen molar-refractivity contribution in [3.05, 3.63) is 10.6 Å². The summed E-state index contributed by atoms with van der Waals surface area (Å²) in [6.45, 7) is 3.25. The van der Waals surface area contributed by atoms with Crippen molar-refractivity contribution < 1.29 is 0 Å². The Morgan fingerprint density at radius 3 is 3.00 bits per heavy atom. The molecule has 0 saturated carbocycles. The molecule has 0 aromatic rings. The van der Waals surface area contributed by atoms with E-state index in [1.54, 1.807) is 0 Å². The Bertz CT molecular complexity index is 91.1. The molecule has 0 N–H and O–H groups in total. The molecule has 2 fully saturated rings. The summed E-state index contributed by atoms with van der Waals surface area (Å²) in [5, 5.41) is 8.86. The minimum Gasteiger partial charge on any atom is -0.662 e. The van der Waals surface area contributed by atoms with E-state index < -0.39 is 0 Å². The molecule has 2 rings (SSSR count). The Hall–Kier alpha value is -0.0800. The Balaban J connectivity index is 1.97. The Morgan fingerprint density at radius 2 is 2.11 bits per heavy atom. The molecule has 2 atom stereocenters. The largest absolute Gasteiger partial charge is 0.662 e. The van der Waals surface area contributed by atoms with E-state index in [9.17, 15) is 0 Å². The summed E-state index contributed by atoms with van der Waals surface area (Å²) in [6, 6.07) is 0.697. The number of rotatable bonds is 0. The van der Waals surface area contributed by atoms with Crippen LogP contribution in [0, 0.1) is 5.92 Å². The van der Waals surface area contributed by atoms with Gasteiger partial charge in [-0.25, -0.2) is 0 Å². The number of fused-ring (bicyclic) bond motifs is 1. The van der Waals surface area contributed by atoms with Crippen molar-refractivity contribution in [1.29, 1.82) is 0 Å². The molecule has 0 aromatic carbocycles. The van der Waals surface area contributed by atoms with Crippen LogP contribution in [-0.2, 0) is 0 Å². The van der Waals surface area contributed by atoms with E-state index in [0.29, 0.717) is 6.04 Å². The van der Waals surface area contributed by atoms with E-state index in [1.165, 1.54) is 12.8 Å². The van der Waals surface area contributed by atoms with Crippen LogP contribution in [0.15, 0.2) is 0 Å². The fraction of sp³-hybridized carbons (Fsp3) is 1.00. The summed E-state index contributed by atoms with van der Waals surface area (Å²) in [6.07, 6.45) is 2.53. The molecule has 0 amide bonds. The fourth-order valence-corrected chi connectivity index (χ4v) is 1.77. The van der Waals surface area contributed by atoms with Crippen molar-refractivity contribution in [2.45, 2.75) is 18.9 Å². The molecular formula is C7H12N2-2. The van der Waals surface area contributed by atoms with Gasteiger partial charge in [0.15, 0.2) is 0 Å². The Morgan fingerprint density at radius 1 is 1.11 bits per heavy atom. The van der Waals surface area contributed by atoms with Gasteiger partial charge in [-0.15, -0.1) is 19.1 Å². The Kier molecular flexibility index (Phi) is 1.44. The molecular weight excluding hydrogens is 112 g/mol. The van der Waals surface area contributed by atoms with E-state index >= 15 is 0 Å². The third kappa shape index (κ3) is 0.970. The van der Waals surface area contributed by atoms with Crippen molar-refractivity contribution in [2.24, 2.45) is 5.92 Å². The van der Waals surface area contributed by atoms with Gasteiger partial charge >= 0.3 is 0 Å². The van der Waals surface area contributed by atoms with E-state index in [2.05, 4.69) is 10.6 Å². The molecule has 2 saturated heterocycles. The first kappa shape index (κ1) is 5.69. The maximum Gasteiger partial charge on any atom is -0.0724 e. The van der Waals surface area contributed by atoms with E-state index in [-0.39, 0.29) is 0 Å². The van der Waals surface area contributed by atoms with Crippen LogP contribution in [0.4, 0.5) is 0 Å². The molecule has 2 aliphatic rings. The first-order chi connectivity index (χ1) is 4.47. The number of piperidine rings is 1. The topological polar surface area (TPSA) is 28.2 Å². The summed E-state index contributed by atoms with van der Waals surface area (Å²) in [4.78, 5) is 0.